The standard InChI is InChI=1S/C30H39N3O5/c1-6-21(19-34)33-24-27(37)32(28(2,3)4)17-11-15-30(24)23(26(33)36)22-25(35)31(16-10-14-29(22,5)38-30)18-20-12-8-7-9-13-20/h7-15,21-24,34H,6,16-19H2,1-5H3/t21-,22-,23-,24?,29+,30-/m0/s1. The number of aliphatic hydroxyl groups excluding tert-OH is 1. The predicted octanol–water partition coefficient (Wildman–Crippen LogP) is 2.52. The molecule has 0 aromatic heterocycles. The van der Waals surface area contributed by atoms with Crippen LogP contribution in [-0.2, 0) is 25.7 Å². The number of rotatable bonds is 5. The van der Waals surface area contributed by atoms with Crippen molar-refractivity contribution in [2.75, 3.05) is 19.7 Å². The van der Waals surface area contributed by atoms with E-state index in [1.807, 2.05) is 89.3 Å². The van der Waals surface area contributed by atoms with Crippen molar-refractivity contribution >= 4 is 17.7 Å². The van der Waals surface area contributed by atoms with Crippen LogP contribution in [0.1, 0.15) is 46.6 Å². The first-order valence-electron chi connectivity index (χ1n) is 13.6. The van der Waals surface area contributed by atoms with E-state index in [4.69, 9.17) is 4.74 Å². The average Bonchev–Trinajstić information content (AvgIpc) is 3.13. The average molecular weight is 522 g/mol. The number of benzene rings is 1. The number of carbonyl (C=O) groups is 3. The van der Waals surface area contributed by atoms with E-state index in [9.17, 15) is 19.5 Å². The van der Waals surface area contributed by atoms with Crippen LogP contribution in [0.15, 0.2) is 54.6 Å². The van der Waals surface area contributed by atoms with Gasteiger partial charge in [0, 0.05) is 25.2 Å². The fraction of sp³-hybridized carbons (Fsp3) is 0.567. The third-order valence-corrected chi connectivity index (χ3v) is 8.68. The molecule has 5 rings (SSSR count). The third kappa shape index (κ3) is 3.92. The Morgan fingerprint density at radius 2 is 1.68 bits per heavy atom. The number of ether oxygens (including phenoxy) is 1. The summed E-state index contributed by atoms with van der Waals surface area (Å²) >= 11 is 0. The molecule has 3 amide bonds. The number of carbonyl (C=O) groups excluding carboxylic acids is 3. The molecule has 2 fully saturated rings. The van der Waals surface area contributed by atoms with Crippen LogP contribution in [0.3, 0.4) is 0 Å². The summed E-state index contributed by atoms with van der Waals surface area (Å²) in [5, 5.41) is 10.3. The van der Waals surface area contributed by atoms with Gasteiger partial charge < -0.3 is 24.5 Å². The number of fused-ring (bicyclic) bond motifs is 2. The number of nitrogens with zero attached hydrogens (tertiary/aromatic N) is 3. The van der Waals surface area contributed by atoms with E-state index in [-0.39, 0.29) is 24.3 Å². The molecule has 8 nitrogen and oxygen atoms in total. The minimum atomic E-state index is -1.31. The van der Waals surface area contributed by atoms with Crippen LogP contribution in [0, 0.1) is 11.8 Å². The monoisotopic (exact) mass is 521 g/mol. The maximum absolute atomic E-state index is 14.4. The van der Waals surface area contributed by atoms with Crippen molar-refractivity contribution in [2.24, 2.45) is 11.8 Å². The smallest absolute Gasteiger partial charge is 0.249 e. The zero-order valence-corrected chi connectivity index (χ0v) is 23.0. The first-order chi connectivity index (χ1) is 18.0. The van der Waals surface area contributed by atoms with Crippen LogP contribution in [-0.4, -0.2) is 86.0 Å². The SMILES string of the molecule is CC[C@@H](CO)N1C(=O)[C@@H]2[C@H]3C(=O)N(Cc4ccccc4)CC=C[C@@]3(C)O[C@@]23C=CCN(C(C)(C)C)C(=O)C13. The molecule has 0 radical (unpaired) electrons. The van der Waals surface area contributed by atoms with E-state index < -0.39 is 40.7 Å². The second-order valence-corrected chi connectivity index (χ2v) is 12.1. The summed E-state index contributed by atoms with van der Waals surface area (Å²) in [6.07, 6.45) is 8.07. The molecule has 4 aliphatic rings. The van der Waals surface area contributed by atoms with Gasteiger partial charge in [-0.3, -0.25) is 14.4 Å². The summed E-state index contributed by atoms with van der Waals surface area (Å²) in [6.45, 7) is 10.6. The minimum absolute atomic E-state index is 0.160. The Kier molecular flexibility index (Phi) is 6.55. The molecular formula is C30H39N3O5. The van der Waals surface area contributed by atoms with Crippen molar-refractivity contribution in [2.45, 2.75) is 76.4 Å². The van der Waals surface area contributed by atoms with Gasteiger partial charge in [-0.15, -0.1) is 0 Å². The lowest BCUT2D eigenvalue weighted by molar-refractivity contribution is -0.158. The highest BCUT2D eigenvalue weighted by Crippen LogP contribution is 2.58. The van der Waals surface area contributed by atoms with Gasteiger partial charge >= 0.3 is 0 Å². The van der Waals surface area contributed by atoms with Crippen LogP contribution >= 0.6 is 0 Å². The number of hydrogen-bond donors (Lipinski definition) is 1. The van der Waals surface area contributed by atoms with Crippen LogP contribution < -0.4 is 0 Å². The van der Waals surface area contributed by atoms with Gasteiger partial charge in [0.15, 0.2) is 0 Å². The highest BCUT2D eigenvalue weighted by atomic mass is 16.5. The maximum atomic E-state index is 14.4. The first-order valence-corrected chi connectivity index (χ1v) is 13.6. The van der Waals surface area contributed by atoms with E-state index in [1.54, 1.807) is 9.80 Å². The summed E-state index contributed by atoms with van der Waals surface area (Å²) in [4.78, 5) is 48.0. The van der Waals surface area contributed by atoms with Crippen molar-refractivity contribution < 1.29 is 24.2 Å². The normalized spacial score (nSPS) is 33.7. The van der Waals surface area contributed by atoms with Gasteiger partial charge in [-0.05, 0) is 39.7 Å². The Balaban J connectivity index is 1.63. The lowest BCUT2D eigenvalue weighted by Crippen LogP contribution is -2.61. The van der Waals surface area contributed by atoms with Gasteiger partial charge in [-0.2, -0.15) is 0 Å². The lowest BCUT2D eigenvalue weighted by Gasteiger charge is -2.42. The molecule has 0 bridgehead atoms. The molecule has 1 spiro atoms. The third-order valence-electron chi connectivity index (χ3n) is 8.68. The van der Waals surface area contributed by atoms with Gasteiger partial charge in [0.25, 0.3) is 0 Å². The molecule has 38 heavy (non-hydrogen) atoms. The molecule has 0 saturated carbocycles. The Hall–Kier alpha value is -2.97. The topological polar surface area (TPSA) is 90.4 Å². The lowest BCUT2D eigenvalue weighted by atomic mass is 9.74. The second kappa shape index (κ2) is 9.35. The van der Waals surface area contributed by atoms with Crippen molar-refractivity contribution in [3.8, 4) is 0 Å². The Bertz CT molecular complexity index is 1170. The van der Waals surface area contributed by atoms with E-state index in [0.29, 0.717) is 26.1 Å². The fourth-order valence-electron chi connectivity index (χ4n) is 6.87. The molecule has 1 aromatic carbocycles. The maximum Gasteiger partial charge on any atom is 0.249 e. The Labute approximate surface area is 224 Å². The summed E-state index contributed by atoms with van der Waals surface area (Å²) in [5.74, 6) is -2.37. The fourth-order valence-corrected chi connectivity index (χ4v) is 6.87. The largest absolute Gasteiger partial charge is 0.394 e. The summed E-state index contributed by atoms with van der Waals surface area (Å²) in [6, 6.07) is 8.25. The molecule has 204 valence electrons. The van der Waals surface area contributed by atoms with Crippen LogP contribution in [0.25, 0.3) is 0 Å². The number of hydrogen-bond acceptors (Lipinski definition) is 5. The van der Waals surface area contributed by atoms with Crippen molar-refractivity contribution in [3.05, 3.63) is 60.2 Å². The van der Waals surface area contributed by atoms with Gasteiger partial charge in [0.05, 0.1) is 30.1 Å². The van der Waals surface area contributed by atoms with E-state index in [1.165, 1.54) is 4.90 Å². The summed E-state index contributed by atoms with van der Waals surface area (Å²) < 4.78 is 6.86. The quantitative estimate of drug-likeness (QED) is 0.602. The molecule has 1 N–H and O–H groups in total. The predicted molar refractivity (Wildman–Crippen MR) is 143 cm³/mol. The van der Waals surface area contributed by atoms with E-state index >= 15 is 0 Å². The summed E-state index contributed by atoms with van der Waals surface area (Å²) in [7, 11) is 0. The molecule has 1 aromatic rings. The van der Waals surface area contributed by atoms with Gasteiger partial charge in [0.1, 0.15) is 11.6 Å². The highest BCUT2D eigenvalue weighted by molar-refractivity contribution is 6.00. The number of amides is 3. The van der Waals surface area contributed by atoms with Crippen LogP contribution in [0.5, 0.6) is 0 Å². The molecule has 4 aliphatic heterocycles. The van der Waals surface area contributed by atoms with Crippen molar-refractivity contribution in [3.63, 3.8) is 0 Å². The van der Waals surface area contributed by atoms with Gasteiger partial charge in [-0.1, -0.05) is 61.6 Å². The molecule has 8 heteroatoms. The van der Waals surface area contributed by atoms with Crippen molar-refractivity contribution in [1.29, 1.82) is 0 Å². The van der Waals surface area contributed by atoms with Crippen LogP contribution in [0.2, 0.25) is 0 Å². The van der Waals surface area contributed by atoms with E-state index in [2.05, 4.69) is 0 Å². The summed E-state index contributed by atoms with van der Waals surface area (Å²) in [5.41, 5.74) is -1.86. The molecule has 4 heterocycles. The van der Waals surface area contributed by atoms with Crippen molar-refractivity contribution in [1.82, 2.24) is 14.7 Å². The molecule has 2 saturated heterocycles. The highest BCUT2D eigenvalue weighted by Gasteiger charge is 2.75. The first kappa shape index (κ1) is 26.6. The number of aliphatic hydroxyl groups is 1. The van der Waals surface area contributed by atoms with Gasteiger partial charge in [0.2, 0.25) is 17.7 Å². The Morgan fingerprint density at radius 3 is 2.32 bits per heavy atom. The molecule has 6 atom stereocenters. The molecular weight excluding hydrogens is 482 g/mol. The minimum Gasteiger partial charge on any atom is -0.394 e. The molecule has 1 unspecified atom stereocenters. The Morgan fingerprint density at radius 1 is 1.00 bits per heavy atom. The number of likely N-dealkylation sites (tertiary alicyclic amines) is 1. The van der Waals surface area contributed by atoms with Gasteiger partial charge in [-0.25, -0.2) is 0 Å². The second-order valence-electron chi connectivity index (χ2n) is 12.1. The van der Waals surface area contributed by atoms with E-state index in [0.717, 1.165) is 5.56 Å². The molecule has 0 aliphatic carbocycles. The zero-order valence-electron chi connectivity index (χ0n) is 23.0. The zero-order chi connectivity index (χ0) is 27.5. The van der Waals surface area contributed by atoms with Crippen LogP contribution in [0.4, 0.5) is 0 Å².